The van der Waals surface area contributed by atoms with Crippen LogP contribution in [-0.4, -0.2) is 17.3 Å². The summed E-state index contributed by atoms with van der Waals surface area (Å²) in [4.78, 5) is 34.0. The highest BCUT2D eigenvalue weighted by Crippen LogP contribution is 2.12. The smallest absolute Gasteiger partial charge is 0.198 e. The van der Waals surface area contributed by atoms with E-state index in [0.717, 1.165) is 38.5 Å². The predicted molar refractivity (Wildman–Crippen MR) is 132 cm³/mol. The zero-order chi connectivity index (χ0) is 23.0. The zero-order valence-corrected chi connectivity index (χ0v) is 20.7. The van der Waals surface area contributed by atoms with E-state index in [9.17, 15) is 14.4 Å². The minimum absolute atomic E-state index is 0.268. The number of unbranched alkanes of at least 4 members (excludes halogenated alkanes) is 15. The van der Waals surface area contributed by atoms with Gasteiger partial charge in [-0.25, -0.2) is 0 Å². The molecule has 0 atom stereocenters. The van der Waals surface area contributed by atoms with E-state index in [2.05, 4.69) is 19.1 Å². The standard InChI is InChI=1S/C28H50O3/c1-3-4-5-6-7-8-9-10-11-12-13-14-15-16-17-20-23-27(30)24-21-18-19-22-25-28(31)26(2)29/h11-12H,3-10,13-25H2,1-2H3/b12-11+. The molecule has 0 fully saturated rings. The third kappa shape index (κ3) is 23.2. The van der Waals surface area contributed by atoms with Crippen LogP contribution in [0.4, 0.5) is 0 Å². The average molecular weight is 435 g/mol. The van der Waals surface area contributed by atoms with Crippen molar-refractivity contribution >= 4 is 17.3 Å². The second kappa shape index (κ2) is 23.4. The van der Waals surface area contributed by atoms with Crippen molar-refractivity contribution in [3.63, 3.8) is 0 Å². The number of carbonyl (C=O) groups is 3. The first-order valence-electron chi connectivity index (χ1n) is 13.3. The molecule has 0 unspecified atom stereocenters. The second-order valence-corrected chi connectivity index (χ2v) is 9.12. The van der Waals surface area contributed by atoms with Crippen LogP contribution in [0.2, 0.25) is 0 Å². The highest BCUT2D eigenvalue weighted by Gasteiger charge is 2.07. The van der Waals surface area contributed by atoms with Crippen LogP contribution in [0, 0.1) is 0 Å². The summed E-state index contributed by atoms with van der Waals surface area (Å²) in [5.41, 5.74) is 0. The van der Waals surface area contributed by atoms with Gasteiger partial charge in [-0.05, 0) is 44.9 Å². The lowest BCUT2D eigenvalue weighted by Gasteiger charge is -2.02. The third-order valence-corrected chi connectivity index (χ3v) is 5.97. The van der Waals surface area contributed by atoms with Crippen molar-refractivity contribution < 1.29 is 14.4 Å². The van der Waals surface area contributed by atoms with Gasteiger partial charge in [-0.1, -0.05) is 89.7 Å². The average Bonchev–Trinajstić information content (AvgIpc) is 2.75. The van der Waals surface area contributed by atoms with Crippen LogP contribution in [0.25, 0.3) is 0 Å². The van der Waals surface area contributed by atoms with Crippen LogP contribution in [-0.2, 0) is 14.4 Å². The van der Waals surface area contributed by atoms with Gasteiger partial charge in [-0.3, -0.25) is 14.4 Å². The Hall–Kier alpha value is -1.25. The Bertz CT molecular complexity index is 479. The fourth-order valence-electron chi connectivity index (χ4n) is 3.83. The number of hydrogen-bond acceptors (Lipinski definition) is 3. The molecule has 31 heavy (non-hydrogen) atoms. The monoisotopic (exact) mass is 434 g/mol. The summed E-state index contributed by atoms with van der Waals surface area (Å²) in [6.07, 6.45) is 28.2. The number of allylic oxidation sites excluding steroid dienone is 2. The fourth-order valence-corrected chi connectivity index (χ4v) is 3.83. The molecule has 3 heteroatoms. The Labute approximate surface area is 192 Å². The lowest BCUT2D eigenvalue weighted by molar-refractivity contribution is -0.135. The Morgan fingerprint density at radius 3 is 1.35 bits per heavy atom. The Kier molecular flexibility index (Phi) is 22.5. The van der Waals surface area contributed by atoms with Crippen LogP contribution < -0.4 is 0 Å². The quantitative estimate of drug-likeness (QED) is 0.0869. The maximum atomic E-state index is 11.9. The number of hydrogen-bond donors (Lipinski definition) is 0. The number of ketones is 3. The molecule has 0 spiro atoms. The first kappa shape index (κ1) is 29.8. The molecule has 0 aromatic heterocycles. The lowest BCUT2D eigenvalue weighted by Crippen LogP contribution is -2.08. The van der Waals surface area contributed by atoms with Crippen molar-refractivity contribution in [3.8, 4) is 0 Å². The SMILES string of the molecule is CCCCCCCCC/C=C/CCCCCCCC(=O)CCCCCCC(=O)C(C)=O. The maximum absolute atomic E-state index is 11.9. The minimum Gasteiger partial charge on any atom is -0.300 e. The second-order valence-electron chi connectivity index (χ2n) is 9.12. The summed E-state index contributed by atoms with van der Waals surface area (Å²) in [6.45, 7) is 3.60. The number of carbonyl (C=O) groups excluding carboxylic acids is 3. The van der Waals surface area contributed by atoms with Gasteiger partial charge in [-0.15, -0.1) is 0 Å². The van der Waals surface area contributed by atoms with Crippen LogP contribution in [0.5, 0.6) is 0 Å². The highest BCUT2D eigenvalue weighted by atomic mass is 16.2. The molecule has 3 nitrogen and oxygen atoms in total. The van der Waals surface area contributed by atoms with E-state index in [-0.39, 0.29) is 11.6 Å². The summed E-state index contributed by atoms with van der Waals surface area (Å²) in [5.74, 6) is -0.228. The first-order valence-corrected chi connectivity index (χ1v) is 13.3. The largest absolute Gasteiger partial charge is 0.300 e. The van der Waals surface area contributed by atoms with Crippen LogP contribution in [0.3, 0.4) is 0 Å². The van der Waals surface area contributed by atoms with Gasteiger partial charge < -0.3 is 0 Å². The minimum atomic E-state index is -0.342. The van der Waals surface area contributed by atoms with Crippen molar-refractivity contribution in [1.29, 1.82) is 0 Å². The predicted octanol–water partition coefficient (Wildman–Crippen LogP) is 8.48. The number of rotatable bonds is 24. The Morgan fingerprint density at radius 2 is 0.903 bits per heavy atom. The molecule has 0 aliphatic carbocycles. The fraction of sp³-hybridized carbons (Fsp3) is 0.821. The molecule has 0 bridgehead atoms. The zero-order valence-electron chi connectivity index (χ0n) is 20.7. The molecule has 180 valence electrons. The highest BCUT2D eigenvalue weighted by molar-refractivity contribution is 6.36. The van der Waals surface area contributed by atoms with Gasteiger partial charge in [0.25, 0.3) is 0 Å². The van der Waals surface area contributed by atoms with Gasteiger partial charge in [0.05, 0.1) is 0 Å². The van der Waals surface area contributed by atoms with Crippen molar-refractivity contribution in [3.05, 3.63) is 12.2 Å². The lowest BCUT2D eigenvalue weighted by atomic mass is 10.0. The van der Waals surface area contributed by atoms with Gasteiger partial charge in [-0.2, -0.15) is 0 Å². The van der Waals surface area contributed by atoms with E-state index in [1.165, 1.54) is 90.4 Å². The third-order valence-electron chi connectivity index (χ3n) is 5.97. The molecule has 0 aromatic carbocycles. The molecule has 0 saturated heterocycles. The molecule has 0 N–H and O–H groups in total. The summed E-state index contributed by atoms with van der Waals surface area (Å²) >= 11 is 0. The van der Waals surface area contributed by atoms with Crippen LogP contribution in [0.1, 0.15) is 149 Å². The van der Waals surface area contributed by atoms with E-state index >= 15 is 0 Å². The summed E-state index contributed by atoms with van der Waals surface area (Å²) in [5, 5.41) is 0. The van der Waals surface area contributed by atoms with Crippen molar-refractivity contribution in [2.75, 3.05) is 0 Å². The van der Waals surface area contributed by atoms with Gasteiger partial charge in [0.15, 0.2) is 11.6 Å². The van der Waals surface area contributed by atoms with E-state index in [0.29, 0.717) is 18.6 Å². The summed E-state index contributed by atoms with van der Waals surface area (Å²) < 4.78 is 0. The first-order chi connectivity index (χ1) is 15.1. The molecule has 0 saturated carbocycles. The van der Waals surface area contributed by atoms with E-state index in [1.807, 2.05) is 0 Å². The van der Waals surface area contributed by atoms with Crippen molar-refractivity contribution in [1.82, 2.24) is 0 Å². The number of Topliss-reactive ketones (excluding diaryl/α,β-unsaturated/α-hetero) is 3. The summed E-state index contributed by atoms with van der Waals surface area (Å²) in [6, 6.07) is 0. The molecule has 0 aliphatic heterocycles. The van der Waals surface area contributed by atoms with E-state index < -0.39 is 0 Å². The van der Waals surface area contributed by atoms with Crippen molar-refractivity contribution in [2.45, 2.75) is 149 Å². The molecule has 0 radical (unpaired) electrons. The van der Waals surface area contributed by atoms with Gasteiger partial charge in [0.1, 0.15) is 5.78 Å². The Morgan fingerprint density at radius 1 is 0.516 bits per heavy atom. The normalized spacial score (nSPS) is 11.3. The molecule has 0 rings (SSSR count). The molecular weight excluding hydrogens is 384 g/mol. The van der Waals surface area contributed by atoms with Crippen LogP contribution in [0.15, 0.2) is 12.2 Å². The van der Waals surface area contributed by atoms with Gasteiger partial charge in [0.2, 0.25) is 0 Å². The molecule has 0 heterocycles. The van der Waals surface area contributed by atoms with E-state index in [1.54, 1.807) is 0 Å². The summed E-state index contributed by atoms with van der Waals surface area (Å²) in [7, 11) is 0. The Balaban J connectivity index is 3.28. The van der Waals surface area contributed by atoms with Gasteiger partial charge >= 0.3 is 0 Å². The van der Waals surface area contributed by atoms with E-state index in [4.69, 9.17) is 0 Å². The van der Waals surface area contributed by atoms with Gasteiger partial charge in [0, 0.05) is 26.2 Å². The molecular formula is C28H50O3. The molecule has 0 amide bonds. The molecule has 0 aromatic rings. The molecule has 0 aliphatic rings. The van der Waals surface area contributed by atoms with Crippen LogP contribution >= 0.6 is 0 Å². The van der Waals surface area contributed by atoms with Crippen molar-refractivity contribution in [2.24, 2.45) is 0 Å². The maximum Gasteiger partial charge on any atom is 0.198 e. The topological polar surface area (TPSA) is 51.2 Å².